The summed E-state index contributed by atoms with van der Waals surface area (Å²) in [7, 11) is 0. The van der Waals surface area contributed by atoms with Crippen LogP contribution >= 0.6 is 15.9 Å². The minimum Gasteiger partial charge on any atom is -0.443 e. The van der Waals surface area contributed by atoms with E-state index in [9.17, 15) is 4.79 Å². The van der Waals surface area contributed by atoms with Gasteiger partial charge in [-0.15, -0.1) is 0 Å². The predicted octanol–water partition coefficient (Wildman–Crippen LogP) is 3.73. The quantitative estimate of drug-likeness (QED) is 0.835. The van der Waals surface area contributed by atoms with Crippen molar-refractivity contribution in [2.24, 2.45) is 0 Å². The second-order valence-electron chi connectivity index (χ2n) is 4.37. The summed E-state index contributed by atoms with van der Waals surface area (Å²) in [6, 6.07) is 3.49. The molecule has 92 valence electrons. The van der Waals surface area contributed by atoms with Crippen LogP contribution in [0.5, 0.6) is 0 Å². The van der Waals surface area contributed by atoms with Gasteiger partial charge in [0.15, 0.2) is 0 Å². The number of halogens is 1. The molecule has 0 aromatic carbocycles. The normalized spacial score (nSPS) is 10.8. The third-order valence-corrected chi connectivity index (χ3v) is 2.22. The van der Waals surface area contributed by atoms with Gasteiger partial charge in [-0.3, -0.25) is 0 Å². The largest absolute Gasteiger partial charge is 0.443 e. The Kier molecular flexibility index (Phi) is 4.28. The first-order chi connectivity index (χ1) is 7.83. The van der Waals surface area contributed by atoms with Gasteiger partial charge in [-0.05, 0) is 32.9 Å². The highest BCUT2D eigenvalue weighted by molar-refractivity contribution is 9.10. The van der Waals surface area contributed by atoms with Crippen molar-refractivity contribution in [3.05, 3.63) is 35.6 Å². The van der Waals surface area contributed by atoms with E-state index in [4.69, 9.17) is 4.74 Å². The fourth-order valence-corrected chi connectivity index (χ4v) is 1.42. The summed E-state index contributed by atoms with van der Waals surface area (Å²) in [4.78, 5) is 17.2. The molecule has 17 heavy (non-hydrogen) atoms. The Morgan fingerprint density at radius 2 is 2.24 bits per heavy atom. The van der Waals surface area contributed by atoms with Crippen LogP contribution in [-0.4, -0.2) is 16.7 Å². The lowest BCUT2D eigenvalue weighted by atomic mass is 10.2. The highest BCUT2D eigenvalue weighted by Crippen LogP contribution is 2.19. The number of hydrogen-bond donors (Lipinski definition) is 0. The molecule has 1 heterocycles. The second-order valence-corrected chi connectivity index (χ2v) is 5.28. The molecule has 0 N–H and O–H groups in total. The van der Waals surface area contributed by atoms with Crippen LogP contribution < -0.4 is 4.90 Å². The first-order valence-corrected chi connectivity index (χ1v) is 5.89. The molecule has 0 saturated heterocycles. The van der Waals surface area contributed by atoms with E-state index in [-0.39, 0.29) is 0 Å². The molecule has 0 unspecified atom stereocenters. The summed E-state index contributed by atoms with van der Waals surface area (Å²) in [5, 5.41) is 0. The lowest BCUT2D eigenvalue weighted by molar-refractivity contribution is 0.0596. The highest BCUT2D eigenvalue weighted by atomic mass is 79.9. The van der Waals surface area contributed by atoms with Gasteiger partial charge in [0.1, 0.15) is 11.4 Å². The van der Waals surface area contributed by atoms with Crippen LogP contribution in [0, 0.1) is 0 Å². The average Bonchev–Trinajstić information content (AvgIpc) is 2.15. The number of amides is 1. The maximum atomic E-state index is 11.9. The second kappa shape index (κ2) is 5.31. The van der Waals surface area contributed by atoms with E-state index in [1.807, 2.05) is 0 Å². The third kappa shape index (κ3) is 4.19. The summed E-state index contributed by atoms with van der Waals surface area (Å²) in [6.45, 7) is 9.01. The first kappa shape index (κ1) is 13.7. The molecular weight excluding hydrogens is 284 g/mol. The molecule has 5 heteroatoms. The molecule has 0 aliphatic rings. The number of carbonyl (C=O) groups excluding carboxylic acids is 1. The van der Waals surface area contributed by atoms with Crippen molar-refractivity contribution < 1.29 is 9.53 Å². The van der Waals surface area contributed by atoms with Crippen molar-refractivity contribution >= 4 is 27.8 Å². The van der Waals surface area contributed by atoms with Crippen LogP contribution in [0.3, 0.4) is 0 Å². The molecule has 1 aromatic heterocycles. The lowest BCUT2D eigenvalue weighted by Gasteiger charge is -2.24. The Morgan fingerprint density at radius 3 is 2.71 bits per heavy atom. The Hall–Kier alpha value is -1.36. The van der Waals surface area contributed by atoms with Crippen LogP contribution in [0.1, 0.15) is 20.8 Å². The predicted molar refractivity (Wildman–Crippen MR) is 70.8 cm³/mol. The summed E-state index contributed by atoms with van der Waals surface area (Å²) in [5.74, 6) is 0.462. The Morgan fingerprint density at radius 1 is 1.59 bits per heavy atom. The molecular formula is C12H15BrN2O2. The standard InChI is InChI=1S/C12H15BrN2O2/c1-5-15(11(16)17-12(2,3)4)10-8-9(13)6-7-14-10/h5-8H,1H2,2-4H3. The molecule has 0 aliphatic carbocycles. The summed E-state index contributed by atoms with van der Waals surface area (Å²) in [6.07, 6.45) is 2.47. The molecule has 1 amide bonds. The molecule has 0 radical (unpaired) electrons. The molecule has 1 rings (SSSR count). The zero-order valence-corrected chi connectivity index (χ0v) is 11.7. The van der Waals surface area contributed by atoms with Crippen LogP contribution in [0.15, 0.2) is 35.6 Å². The number of hydrogen-bond acceptors (Lipinski definition) is 3. The van der Waals surface area contributed by atoms with Crippen molar-refractivity contribution in [2.75, 3.05) is 4.90 Å². The first-order valence-electron chi connectivity index (χ1n) is 5.10. The molecule has 4 nitrogen and oxygen atoms in total. The van der Waals surface area contributed by atoms with Gasteiger partial charge in [-0.2, -0.15) is 0 Å². The number of aromatic nitrogens is 1. The van der Waals surface area contributed by atoms with E-state index in [1.54, 1.807) is 39.1 Å². The lowest BCUT2D eigenvalue weighted by Crippen LogP contribution is -2.33. The van der Waals surface area contributed by atoms with Gasteiger partial charge >= 0.3 is 6.09 Å². The Labute approximate surface area is 109 Å². The van der Waals surface area contributed by atoms with E-state index in [2.05, 4.69) is 27.5 Å². The summed E-state index contributed by atoms with van der Waals surface area (Å²) >= 11 is 3.32. The molecule has 0 atom stereocenters. The maximum Gasteiger partial charge on any atom is 0.420 e. The van der Waals surface area contributed by atoms with Crippen LogP contribution in [0.4, 0.5) is 10.6 Å². The molecule has 0 saturated carbocycles. The zero-order valence-electron chi connectivity index (χ0n) is 10.1. The van der Waals surface area contributed by atoms with Gasteiger partial charge in [0.25, 0.3) is 0 Å². The summed E-state index contributed by atoms with van der Waals surface area (Å²) in [5.41, 5.74) is -0.551. The van der Waals surface area contributed by atoms with Crippen LogP contribution in [-0.2, 0) is 4.74 Å². The molecule has 0 aliphatic heterocycles. The molecule has 0 spiro atoms. The number of pyridine rings is 1. The third-order valence-electron chi connectivity index (χ3n) is 1.73. The molecule has 0 fully saturated rings. The van der Waals surface area contributed by atoms with Gasteiger partial charge in [-0.25, -0.2) is 14.7 Å². The zero-order chi connectivity index (χ0) is 13.1. The maximum absolute atomic E-state index is 11.9. The van der Waals surface area contributed by atoms with E-state index in [1.165, 1.54) is 11.1 Å². The number of rotatable bonds is 2. The van der Waals surface area contributed by atoms with E-state index < -0.39 is 11.7 Å². The van der Waals surface area contributed by atoms with Gasteiger partial charge in [0.05, 0.1) is 0 Å². The molecule has 1 aromatic rings. The van der Waals surface area contributed by atoms with E-state index >= 15 is 0 Å². The van der Waals surface area contributed by atoms with Gasteiger partial charge in [0, 0.05) is 16.9 Å². The number of ether oxygens (including phenoxy) is 1. The van der Waals surface area contributed by atoms with Crippen molar-refractivity contribution in [1.29, 1.82) is 0 Å². The van der Waals surface area contributed by atoms with Gasteiger partial charge in [-0.1, -0.05) is 22.5 Å². The van der Waals surface area contributed by atoms with Gasteiger partial charge < -0.3 is 4.74 Å². The minimum absolute atomic E-state index is 0.462. The van der Waals surface area contributed by atoms with Crippen molar-refractivity contribution in [1.82, 2.24) is 4.98 Å². The number of anilines is 1. The fraction of sp³-hybridized carbons (Fsp3) is 0.333. The van der Waals surface area contributed by atoms with Crippen molar-refractivity contribution in [3.8, 4) is 0 Å². The van der Waals surface area contributed by atoms with Crippen LogP contribution in [0.2, 0.25) is 0 Å². The average molecular weight is 299 g/mol. The topological polar surface area (TPSA) is 42.4 Å². The minimum atomic E-state index is -0.551. The SMILES string of the molecule is C=CN(C(=O)OC(C)(C)C)c1cc(Br)ccn1. The fourth-order valence-electron chi connectivity index (χ4n) is 1.10. The van der Waals surface area contributed by atoms with E-state index in [0.29, 0.717) is 5.82 Å². The monoisotopic (exact) mass is 298 g/mol. The number of nitrogens with zero attached hydrogens (tertiary/aromatic N) is 2. The van der Waals surface area contributed by atoms with Crippen LogP contribution in [0.25, 0.3) is 0 Å². The highest BCUT2D eigenvalue weighted by Gasteiger charge is 2.22. The van der Waals surface area contributed by atoms with Crippen molar-refractivity contribution in [3.63, 3.8) is 0 Å². The Bertz CT molecular complexity index is 427. The van der Waals surface area contributed by atoms with Crippen molar-refractivity contribution in [2.45, 2.75) is 26.4 Å². The molecule has 0 bridgehead atoms. The number of carbonyl (C=O) groups is 1. The summed E-state index contributed by atoms with van der Waals surface area (Å²) < 4.78 is 6.08. The van der Waals surface area contributed by atoms with E-state index in [0.717, 1.165) is 4.47 Å². The smallest absolute Gasteiger partial charge is 0.420 e. The Balaban J connectivity index is 2.92. The van der Waals surface area contributed by atoms with Gasteiger partial charge in [0.2, 0.25) is 0 Å².